The maximum atomic E-state index is 14.4. The molecule has 0 aliphatic rings. The number of halogens is 1. The highest BCUT2D eigenvalue weighted by atomic mass is 32.2. The van der Waals surface area contributed by atoms with Crippen LogP contribution in [-0.4, -0.2) is 39.9 Å². The topological polar surface area (TPSA) is 106 Å². The van der Waals surface area contributed by atoms with E-state index in [0.717, 1.165) is 6.26 Å². The normalized spacial score (nSPS) is 13.1. The van der Waals surface area contributed by atoms with Crippen molar-refractivity contribution in [2.75, 3.05) is 6.26 Å². The Morgan fingerprint density at radius 2 is 2.22 bits per heavy atom. The van der Waals surface area contributed by atoms with Crippen molar-refractivity contribution in [1.82, 2.24) is 29.9 Å². The lowest BCUT2D eigenvalue weighted by atomic mass is 10.0. The molecule has 8 nitrogen and oxygen atoms in total. The summed E-state index contributed by atoms with van der Waals surface area (Å²) in [6, 6.07) is 5.21. The maximum Gasteiger partial charge on any atom is 0.209 e. The standard InChI is InChI=1S/C13H13FN6O2S/c1-23(21,22)18-13(11-8-15-19-17-11)9-3-4-12(10(14)7-9)20-6-2-5-16-20/h2-8,13,18H,1H3,(H,15,17,19). The third-order valence-electron chi connectivity index (χ3n) is 3.12. The first-order chi connectivity index (χ1) is 10.9. The number of nitrogens with zero attached hydrogens (tertiary/aromatic N) is 4. The van der Waals surface area contributed by atoms with E-state index >= 15 is 0 Å². The molecule has 10 heteroatoms. The predicted octanol–water partition coefficient (Wildman–Crippen LogP) is 0.768. The summed E-state index contributed by atoms with van der Waals surface area (Å²) in [7, 11) is -3.54. The Hall–Kier alpha value is -2.59. The number of aromatic amines is 1. The quantitative estimate of drug-likeness (QED) is 0.716. The van der Waals surface area contributed by atoms with E-state index in [0.29, 0.717) is 11.3 Å². The van der Waals surface area contributed by atoms with Crippen molar-refractivity contribution < 1.29 is 12.8 Å². The molecule has 120 valence electrons. The zero-order valence-corrected chi connectivity index (χ0v) is 12.8. The number of benzene rings is 1. The van der Waals surface area contributed by atoms with E-state index in [1.165, 1.54) is 29.2 Å². The van der Waals surface area contributed by atoms with Crippen molar-refractivity contribution in [3.8, 4) is 5.69 Å². The van der Waals surface area contributed by atoms with E-state index < -0.39 is 21.9 Å². The lowest BCUT2D eigenvalue weighted by Crippen LogP contribution is -2.28. The first kappa shape index (κ1) is 15.3. The second kappa shape index (κ2) is 5.89. The molecule has 3 rings (SSSR count). The third kappa shape index (κ3) is 3.43. The van der Waals surface area contributed by atoms with Crippen molar-refractivity contribution in [1.29, 1.82) is 0 Å². The Morgan fingerprint density at radius 3 is 2.78 bits per heavy atom. The van der Waals surface area contributed by atoms with Gasteiger partial charge in [-0.25, -0.2) is 22.2 Å². The molecule has 0 saturated carbocycles. The largest absolute Gasteiger partial charge is 0.265 e. The molecule has 2 N–H and O–H groups in total. The van der Waals surface area contributed by atoms with E-state index in [1.54, 1.807) is 18.3 Å². The zero-order chi connectivity index (χ0) is 16.4. The summed E-state index contributed by atoms with van der Waals surface area (Å²) in [5, 5.41) is 13.8. The predicted molar refractivity (Wildman–Crippen MR) is 79.7 cm³/mol. The minimum atomic E-state index is -3.54. The van der Waals surface area contributed by atoms with Gasteiger partial charge in [-0.3, -0.25) is 5.10 Å². The Kier molecular flexibility index (Phi) is 3.92. The van der Waals surface area contributed by atoms with Crippen LogP contribution >= 0.6 is 0 Å². The van der Waals surface area contributed by atoms with Crippen LogP contribution in [0.4, 0.5) is 4.39 Å². The van der Waals surface area contributed by atoms with Crippen LogP contribution in [0.5, 0.6) is 0 Å². The molecule has 2 aromatic heterocycles. The fraction of sp³-hybridized carbons (Fsp3) is 0.154. The first-order valence-electron chi connectivity index (χ1n) is 6.57. The molecule has 2 heterocycles. The van der Waals surface area contributed by atoms with Crippen molar-refractivity contribution in [3.63, 3.8) is 0 Å². The number of hydrogen-bond donors (Lipinski definition) is 2. The average Bonchev–Trinajstić information content (AvgIpc) is 3.17. The Morgan fingerprint density at radius 1 is 1.39 bits per heavy atom. The monoisotopic (exact) mass is 336 g/mol. The number of aromatic nitrogens is 5. The maximum absolute atomic E-state index is 14.4. The van der Waals surface area contributed by atoms with E-state index in [2.05, 4.69) is 25.2 Å². The van der Waals surface area contributed by atoms with Crippen molar-refractivity contribution in [3.05, 3.63) is 59.9 Å². The molecule has 0 aliphatic carbocycles. The minimum absolute atomic E-state index is 0.261. The highest BCUT2D eigenvalue weighted by molar-refractivity contribution is 7.88. The highest BCUT2D eigenvalue weighted by Gasteiger charge is 2.22. The van der Waals surface area contributed by atoms with Gasteiger partial charge in [-0.2, -0.15) is 5.10 Å². The number of rotatable bonds is 5. The fourth-order valence-electron chi connectivity index (χ4n) is 2.16. The molecule has 23 heavy (non-hydrogen) atoms. The molecule has 1 unspecified atom stereocenters. The van der Waals surface area contributed by atoms with Gasteiger partial charge in [0, 0.05) is 18.6 Å². The Bertz CT molecular complexity index is 893. The van der Waals surface area contributed by atoms with Crippen LogP contribution in [0.15, 0.2) is 42.9 Å². The molecule has 3 aromatic rings. The minimum Gasteiger partial charge on any atom is -0.265 e. The van der Waals surface area contributed by atoms with Crippen molar-refractivity contribution in [2.24, 2.45) is 0 Å². The van der Waals surface area contributed by atoms with E-state index in [1.807, 2.05) is 0 Å². The van der Waals surface area contributed by atoms with Crippen molar-refractivity contribution >= 4 is 10.0 Å². The second-order valence-electron chi connectivity index (χ2n) is 4.88. The van der Waals surface area contributed by atoms with E-state index in [4.69, 9.17) is 0 Å². The van der Waals surface area contributed by atoms with Crippen LogP contribution in [0.3, 0.4) is 0 Å². The molecular formula is C13H13FN6O2S. The molecular weight excluding hydrogens is 323 g/mol. The summed E-state index contributed by atoms with van der Waals surface area (Å²) in [5.41, 5.74) is 0.997. The Balaban J connectivity index is 2.02. The van der Waals surface area contributed by atoms with Gasteiger partial charge in [0.05, 0.1) is 12.3 Å². The van der Waals surface area contributed by atoms with Crippen LogP contribution < -0.4 is 4.72 Å². The number of hydrogen-bond acceptors (Lipinski definition) is 5. The average molecular weight is 336 g/mol. The lowest BCUT2D eigenvalue weighted by Gasteiger charge is -2.16. The molecule has 0 radical (unpaired) electrons. The molecule has 1 atom stereocenters. The van der Waals surface area contributed by atoms with Crippen LogP contribution in [0.1, 0.15) is 17.3 Å². The smallest absolute Gasteiger partial charge is 0.209 e. The molecule has 0 spiro atoms. The highest BCUT2D eigenvalue weighted by Crippen LogP contribution is 2.24. The van der Waals surface area contributed by atoms with Gasteiger partial charge >= 0.3 is 0 Å². The van der Waals surface area contributed by atoms with Crippen LogP contribution in [0, 0.1) is 5.82 Å². The van der Waals surface area contributed by atoms with Gasteiger partial charge in [-0.05, 0) is 23.8 Å². The molecule has 0 aliphatic heterocycles. The van der Waals surface area contributed by atoms with E-state index in [9.17, 15) is 12.8 Å². The SMILES string of the molecule is CS(=O)(=O)NC(c1ccc(-n2cccn2)c(F)c1)c1c[nH]nn1. The molecule has 0 fully saturated rings. The lowest BCUT2D eigenvalue weighted by molar-refractivity contribution is 0.572. The van der Waals surface area contributed by atoms with Gasteiger partial charge in [-0.15, -0.1) is 5.10 Å². The summed E-state index contributed by atoms with van der Waals surface area (Å²) in [6.45, 7) is 0. The summed E-state index contributed by atoms with van der Waals surface area (Å²) in [5.74, 6) is -0.532. The molecule has 0 bridgehead atoms. The van der Waals surface area contributed by atoms with Gasteiger partial charge in [0.15, 0.2) is 0 Å². The molecule has 1 aromatic carbocycles. The summed E-state index contributed by atoms with van der Waals surface area (Å²) in [4.78, 5) is 0. The summed E-state index contributed by atoms with van der Waals surface area (Å²) < 4.78 is 41.3. The number of sulfonamides is 1. The third-order valence-corrected chi connectivity index (χ3v) is 3.78. The number of H-pyrrole nitrogens is 1. The Labute approximate surface area is 131 Å². The number of nitrogens with one attached hydrogen (secondary N) is 2. The van der Waals surface area contributed by atoms with Gasteiger partial charge in [0.2, 0.25) is 10.0 Å². The van der Waals surface area contributed by atoms with E-state index in [-0.39, 0.29) is 5.69 Å². The molecule has 0 amide bonds. The van der Waals surface area contributed by atoms with Crippen molar-refractivity contribution in [2.45, 2.75) is 6.04 Å². The molecule has 0 saturated heterocycles. The fourth-order valence-corrected chi connectivity index (χ4v) is 2.85. The van der Waals surface area contributed by atoms with Gasteiger partial charge in [0.1, 0.15) is 17.2 Å². The van der Waals surface area contributed by atoms with Crippen LogP contribution in [0.2, 0.25) is 0 Å². The van der Waals surface area contributed by atoms with Gasteiger partial charge < -0.3 is 0 Å². The van der Waals surface area contributed by atoms with Crippen LogP contribution in [0.25, 0.3) is 5.69 Å². The summed E-state index contributed by atoms with van der Waals surface area (Å²) in [6.07, 6.45) is 5.62. The summed E-state index contributed by atoms with van der Waals surface area (Å²) >= 11 is 0. The van der Waals surface area contributed by atoms with Gasteiger partial charge in [0.25, 0.3) is 0 Å². The first-order valence-corrected chi connectivity index (χ1v) is 8.46. The van der Waals surface area contributed by atoms with Crippen LogP contribution in [-0.2, 0) is 10.0 Å². The van der Waals surface area contributed by atoms with Gasteiger partial charge in [-0.1, -0.05) is 11.3 Å². The zero-order valence-electron chi connectivity index (χ0n) is 12.0. The second-order valence-corrected chi connectivity index (χ2v) is 6.66.